The first-order valence-corrected chi connectivity index (χ1v) is 7.73. The normalized spacial score (nSPS) is 12.8. The van der Waals surface area contributed by atoms with E-state index in [2.05, 4.69) is 31.9 Å². The first-order valence-electron chi connectivity index (χ1n) is 4.95. The van der Waals surface area contributed by atoms with E-state index in [0.29, 0.717) is 0 Å². The molecule has 1 unspecified atom stereocenters. The second kappa shape index (κ2) is 5.41. The van der Waals surface area contributed by atoms with Gasteiger partial charge in [-0.2, -0.15) is 0 Å². The number of thiophene rings is 1. The minimum absolute atomic E-state index is 0.138. The molecule has 2 N–H and O–H groups in total. The number of nitrogens with two attached hydrogens (primary N) is 1. The molecule has 0 spiro atoms. The molecule has 1 nitrogen and oxygen atoms in total. The van der Waals surface area contributed by atoms with Gasteiger partial charge in [0.05, 0.1) is 9.83 Å². The molecule has 1 aromatic heterocycles. The molecule has 0 radical (unpaired) electrons. The topological polar surface area (TPSA) is 26.0 Å². The number of hydrogen-bond acceptors (Lipinski definition) is 2. The Morgan fingerprint density at radius 3 is 2.59 bits per heavy atom. The van der Waals surface area contributed by atoms with Crippen molar-refractivity contribution in [1.29, 1.82) is 0 Å². The summed E-state index contributed by atoms with van der Waals surface area (Å²) in [6, 6.07) is 7.71. The fourth-order valence-electron chi connectivity index (χ4n) is 1.62. The van der Waals surface area contributed by atoms with Gasteiger partial charge in [-0.25, -0.2) is 0 Å². The first kappa shape index (κ1) is 13.6. The van der Waals surface area contributed by atoms with Crippen molar-refractivity contribution in [1.82, 2.24) is 0 Å². The summed E-state index contributed by atoms with van der Waals surface area (Å²) in [5, 5.41) is 0.718. The fourth-order valence-corrected chi connectivity index (χ4v) is 3.91. The zero-order valence-electron chi connectivity index (χ0n) is 9.01. The SMILES string of the molecule is Cc1ccc(Cl)cc1C(N)c1cc(Br)c(Br)s1. The average molecular weight is 396 g/mol. The zero-order chi connectivity index (χ0) is 12.6. The quantitative estimate of drug-likeness (QED) is 0.735. The highest BCUT2D eigenvalue weighted by Gasteiger charge is 2.15. The highest BCUT2D eigenvalue weighted by molar-refractivity contribution is 9.13. The minimum atomic E-state index is -0.138. The highest BCUT2D eigenvalue weighted by atomic mass is 79.9. The van der Waals surface area contributed by atoms with Crippen LogP contribution in [0.2, 0.25) is 5.02 Å². The van der Waals surface area contributed by atoms with E-state index in [4.69, 9.17) is 17.3 Å². The molecule has 0 aliphatic carbocycles. The highest BCUT2D eigenvalue weighted by Crippen LogP contribution is 2.37. The van der Waals surface area contributed by atoms with E-state index in [9.17, 15) is 0 Å². The molecule has 0 saturated heterocycles. The summed E-state index contributed by atoms with van der Waals surface area (Å²) in [5.74, 6) is 0. The third kappa shape index (κ3) is 2.93. The Morgan fingerprint density at radius 2 is 2.00 bits per heavy atom. The van der Waals surface area contributed by atoms with Crippen molar-refractivity contribution in [3.63, 3.8) is 0 Å². The van der Waals surface area contributed by atoms with Crippen molar-refractivity contribution < 1.29 is 0 Å². The van der Waals surface area contributed by atoms with Gasteiger partial charge in [-0.1, -0.05) is 17.7 Å². The molecule has 90 valence electrons. The Bertz CT molecular complexity index is 534. The van der Waals surface area contributed by atoms with Gasteiger partial charge in [-0.15, -0.1) is 11.3 Å². The molecule has 17 heavy (non-hydrogen) atoms. The Kier molecular flexibility index (Phi) is 4.31. The van der Waals surface area contributed by atoms with Crippen molar-refractivity contribution in [3.8, 4) is 0 Å². The molecule has 0 fully saturated rings. The summed E-state index contributed by atoms with van der Waals surface area (Å²) in [7, 11) is 0. The van der Waals surface area contributed by atoms with Crippen LogP contribution in [0, 0.1) is 6.92 Å². The predicted octanol–water partition coefficient (Wildman–Crippen LogP) is 5.28. The van der Waals surface area contributed by atoms with Crippen LogP contribution in [0.1, 0.15) is 22.0 Å². The summed E-state index contributed by atoms with van der Waals surface area (Å²) in [4.78, 5) is 1.11. The number of aryl methyl sites for hydroxylation is 1. The van der Waals surface area contributed by atoms with E-state index in [-0.39, 0.29) is 6.04 Å². The van der Waals surface area contributed by atoms with E-state index in [1.807, 2.05) is 31.2 Å². The van der Waals surface area contributed by atoms with Gasteiger partial charge in [0, 0.05) is 14.4 Å². The Hall–Kier alpha value is 0.130. The molecule has 0 bridgehead atoms. The van der Waals surface area contributed by atoms with E-state index in [1.165, 1.54) is 0 Å². The molecule has 5 heteroatoms. The maximum atomic E-state index is 6.28. The Balaban J connectivity index is 2.42. The molecule has 1 atom stereocenters. The van der Waals surface area contributed by atoms with Gasteiger partial charge >= 0.3 is 0 Å². The van der Waals surface area contributed by atoms with Crippen LogP contribution in [0.4, 0.5) is 0 Å². The van der Waals surface area contributed by atoms with Crippen LogP contribution in [0.25, 0.3) is 0 Å². The number of rotatable bonds is 2. The molecule has 0 aliphatic rings. The van der Waals surface area contributed by atoms with Gasteiger partial charge in [0.15, 0.2) is 0 Å². The smallest absolute Gasteiger partial charge is 0.0843 e. The number of halogens is 3. The van der Waals surface area contributed by atoms with Crippen LogP contribution < -0.4 is 5.73 Å². The van der Waals surface area contributed by atoms with Gasteiger partial charge in [0.25, 0.3) is 0 Å². The molecule has 0 amide bonds. The minimum Gasteiger partial charge on any atom is -0.320 e. The summed E-state index contributed by atoms with van der Waals surface area (Å²) >= 11 is 14.6. The predicted molar refractivity (Wildman–Crippen MR) is 81.9 cm³/mol. The lowest BCUT2D eigenvalue weighted by atomic mass is 10.0. The lowest BCUT2D eigenvalue weighted by Crippen LogP contribution is -2.11. The number of hydrogen-bond donors (Lipinski definition) is 1. The molecular formula is C12H10Br2ClNS. The van der Waals surface area contributed by atoms with Crippen molar-refractivity contribution in [2.24, 2.45) is 5.73 Å². The second-order valence-corrected chi connectivity index (χ2v) is 7.44. The van der Waals surface area contributed by atoms with Crippen LogP contribution >= 0.6 is 54.8 Å². The van der Waals surface area contributed by atoms with Crippen LogP contribution in [0.3, 0.4) is 0 Å². The van der Waals surface area contributed by atoms with Gasteiger partial charge in [0.1, 0.15) is 0 Å². The van der Waals surface area contributed by atoms with Crippen LogP contribution in [-0.2, 0) is 0 Å². The lowest BCUT2D eigenvalue weighted by Gasteiger charge is -2.13. The third-order valence-electron chi connectivity index (χ3n) is 2.55. The summed E-state index contributed by atoms with van der Waals surface area (Å²) in [6.45, 7) is 2.04. The van der Waals surface area contributed by atoms with E-state index in [1.54, 1.807) is 11.3 Å². The standard InChI is InChI=1S/C12H10Br2ClNS/c1-6-2-3-7(15)4-8(6)11(16)10-5-9(13)12(14)17-10/h2-5,11H,16H2,1H3. The van der Waals surface area contributed by atoms with Crippen molar-refractivity contribution in [2.75, 3.05) is 0 Å². The van der Waals surface area contributed by atoms with Gasteiger partial charge < -0.3 is 5.73 Å². The molecule has 2 rings (SSSR count). The van der Waals surface area contributed by atoms with E-state index < -0.39 is 0 Å². The maximum Gasteiger partial charge on any atom is 0.0843 e. The summed E-state index contributed by atoms with van der Waals surface area (Å²) in [6.07, 6.45) is 0. The number of benzene rings is 1. The summed E-state index contributed by atoms with van der Waals surface area (Å²) < 4.78 is 2.09. The van der Waals surface area contributed by atoms with Gasteiger partial charge in [-0.05, 0) is 68.1 Å². The molecule has 1 aromatic carbocycles. The molecular weight excluding hydrogens is 385 g/mol. The molecule has 0 saturated carbocycles. The molecule has 1 heterocycles. The van der Waals surface area contributed by atoms with Crippen molar-refractivity contribution >= 4 is 54.8 Å². The first-order chi connectivity index (χ1) is 7.99. The third-order valence-corrected chi connectivity index (χ3v) is 6.12. The maximum absolute atomic E-state index is 6.28. The zero-order valence-corrected chi connectivity index (χ0v) is 13.8. The monoisotopic (exact) mass is 393 g/mol. The Labute approximate surface area is 126 Å². The van der Waals surface area contributed by atoms with Gasteiger partial charge in [0.2, 0.25) is 0 Å². The van der Waals surface area contributed by atoms with Crippen LogP contribution in [0.5, 0.6) is 0 Å². The summed E-state index contributed by atoms with van der Waals surface area (Å²) in [5.41, 5.74) is 8.50. The van der Waals surface area contributed by atoms with Crippen LogP contribution in [-0.4, -0.2) is 0 Å². The molecule has 2 aromatic rings. The fraction of sp³-hybridized carbons (Fsp3) is 0.167. The van der Waals surface area contributed by atoms with Gasteiger partial charge in [-0.3, -0.25) is 0 Å². The van der Waals surface area contributed by atoms with Crippen molar-refractivity contribution in [3.05, 3.63) is 53.6 Å². The van der Waals surface area contributed by atoms with Crippen molar-refractivity contribution in [2.45, 2.75) is 13.0 Å². The lowest BCUT2D eigenvalue weighted by molar-refractivity contribution is 0.882. The second-order valence-electron chi connectivity index (χ2n) is 3.75. The van der Waals surface area contributed by atoms with Crippen LogP contribution in [0.15, 0.2) is 32.5 Å². The Morgan fingerprint density at radius 1 is 1.29 bits per heavy atom. The van der Waals surface area contributed by atoms with E-state index in [0.717, 1.165) is 29.3 Å². The van der Waals surface area contributed by atoms with E-state index >= 15 is 0 Å². The largest absolute Gasteiger partial charge is 0.320 e. The average Bonchev–Trinajstić information content (AvgIpc) is 2.62. The molecule has 0 aliphatic heterocycles.